The van der Waals surface area contributed by atoms with Crippen LogP contribution in [0.2, 0.25) is 0 Å². The van der Waals surface area contributed by atoms with Crippen molar-refractivity contribution in [3.63, 3.8) is 0 Å². The first-order chi connectivity index (χ1) is 9.20. The van der Waals surface area contributed by atoms with E-state index in [1.807, 2.05) is 0 Å². The second-order valence-electron chi connectivity index (χ2n) is 4.30. The van der Waals surface area contributed by atoms with Crippen molar-refractivity contribution in [2.75, 3.05) is 19.4 Å². The Hall–Kier alpha value is -1.12. The van der Waals surface area contributed by atoms with Crippen LogP contribution in [-0.4, -0.2) is 39.0 Å². The van der Waals surface area contributed by atoms with Gasteiger partial charge >= 0.3 is 6.18 Å². The van der Waals surface area contributed by atoms with Crippen molar-refractivity contribution >= 4 is 9.84 Å². The molecule has 114 valence electrons. The fourth-order valence-corrected chi connectivity index (χ4v) is 3.34. The minimum atomic E-state index is -4.58. The molecule has 8 heteroatoms. The van der Waals surface area contributed by atoms with Gasteiger partial charge in [-0.15, -0.1) is 0 Å². The minimum absolute atomic E-state index is 0.203. The average Bonchev–Trinajstić information content (AvgIpc) is 2.37. The second-order valence-corrected chi connectivity index (χ2v) is 6.34. The number of aliphatic hydroxyl groups is 1. The van der Waals surface area contributed by atoms with Crippen molar-refractivity contribution in [1.29, 1.82) is 0 Å². The molecule has 0 aliphatic heterocycles. The van der Waals surface area contributed by atoms with Crippen LogP contribution in [0.5, 0.6) is 0 Å². The first-order valence-corrected chi connectivity index (χ1v) is 7.54. The van der Waals surface area contributed by atoms with Crippen molar-refractivity contribution < 1.29 is 26.7 Å². The lowest BCUT2D eigenvalue weighted by Crippen LogP contribution is -2.34. The third-order valence-corrected chi connectivity index (χ3v) is 4.64. The Balaban J connectivity index is 3.04. The average molecular weight is 311 g/mol. The first kappa shape index (κ1) is 16.9. The summed E-state index contributed by atoms with van der Waals surface area (Å²) in [7, 11) is -2.32. The molecule has 0 amide bonds. The molecule has 1 unspecified atom stereocenters. The quantitative estimate of drug-likeness (QED) is 0.834. The van der Waals surface area contributed by atoms with E-state index in [0.717, 1.165) is 18.2 Å². The highest BCUT2D eigenvalue weighted by Crippen LogP contribution is 2.30. The molecule has 2 N–H and O–H groups in total. The van der Waals surface area contributed by atoms with E-state index in [0.29, 0.717) is 6.07 Å². The van der Waals surface area contributed by atoms with Crippen molar-refractivity contribution in [2.24, 2.45) is 0 Å². The number of benzene rings is 1. The molecule has 4 nitrogen and oxygen atoms in total. The number of rotatable bonds is 6. The number of hydrogen-bond donors (Lipinski definition) is 2. The zero-order valence-corrected chi connectivity index (χ0v) is 11.6. The lowest BCUT2D eigenvalue weighted by molar-refractivity contribution is -0.137. The van der Waals surface area contributed by atoms with E-state index in [9.17, 15) is 21.6 Å². The Bertz CT molecular complexity index is 543. The Kier molecular flexibility index (Phi) is 5.55. The van der Waals surface area contributed by atoms with Gasteiger partial charge in [-0.05, 0) is 31.7 Å². The van der Waals surface area contributed by atoms with Crippen LogP contribution in [0.4, 0.5) is 13.2 Å². The number of nitrogens with one attached hydrogen (secondary N) is 1. The van der Waals surface area contributed by atoms with E-state index in [1.165, 1.54) is 7.05 Å². The number of sulfone groups is 1. The van der Waals surface area contributed by atoms with Gasteiger partial charge in [-0.3, -0.25) is 0 Å². The van der Waals surface area contributed by atoms with Crippen molar-refractivity contribution in [3.05, 3.63) is 29.8 Å². The molecule has 20 heavy (non-hydrogen) atoms. The monoisotopic (exact) mass is 311 g/mol. The summed E-state index contributed by atoms with van der Waals surface area (Å²) in [5.74, 6) is -0.370. The van der Waals surface area contributed by atoms with Crippen LogP contribution in [0.3, 0.4) is 0 Å². The molecule has 0 aliphatic carbocycles. The van der Waals surface area contributed by atoms with Crippen molar-refractivity contribution in [3.8, 4) is 0 Å². The Labute approximate surface area is 115 Å². The molecule has 0 radical (unpaired) electrons. The lowest BCUT2D eigenvalue weighted by Gasteiger charge is -2.15. The van der Waals surface area contributed by atoms with E-state index < -0.39 is 27.6 Å². The molecule has 0 bridgehead atoms. The molecule has 0 saturated heterocycles. The van der Waals surface area contributed by atoms with E-state index in [1.54, 1.807) is 0 Å². The van der Waals surface area contributed by atoms with Gasteiger partial charge in [0, 0.05) is 12.6 Å². The van der Waals surface area contributed by atoms with Crippen LogP contribution >= 0.6 is 0 Å². The van der Waals surface area contributed by atoms with Gasteiger partial charge in [0.15, 0.2) is 9.84 Å². The Morgan fingerprint density at radius 3 is 2.50 bits per heavy atom. The summed E-state index contributed by atoms with van der Waals surface area (Å²) in [6, 6.07) is 3.13. The van der Waals surface area contributed by atoms with Crippen LogP contribution in [-0.2, 0) is 16.0 Å². The van der Waals surface area contributed by atoms with Gasteiger partial charge in [0.1, 0.15) is 0 Å². The molecule has 1 aromatic carbocycles. The number of aliphatic hydroxyl groups excluding tert-OH is 1. The molecule has 0 aromatic heterocycles. The molecule has 0 saturated carbocycles. The van der Waals surface area contributed by atoms with Crippen molar-refractivity contribution in [1.82, 2.24) is 5.32 Å². The van der Waals surface area contributed by atoms with Gasteiger partial charge in [-0.2, -0.15) is 13.2 Å². The summed E-state index contributed by atoms with van der Waals surface area (Å²) in [4.78, 5) is -0.370. The van der Waals surface area contributed by atoms with E-state index in [4.69, 9.17) is 5.11 Å². The summed E-state index contributed by atoms with van der Waals surface area (Å²) >= 11 is 0. The van der Waals surface area contributed by atoms with Crippen LogP contribution in [0.1, 0.15) is 12.0 Å². The zero-order valence-electron chi connectivity index (χ0n) is 10.8. The Morgan fingerprint density at radius 1 is 1.35 bits per heavy atom. The van der Waals surface area contributed by atoms with Gasteiger partial charge in [0.05, 0.1) is 16.2 Å². The van der Waals surface area contributed by atoms with Gasteiger partial charge in [0.25, 0.3) is 0 Å². The van der Waals surface area contributed by atoms with Crippen LogP contribution < -0.4 is 5.32 Å². The fourth-order valence-electron chi connectivity index (χ4n) is 1.69. The minimum Gasteiger partial charge on any atom is -0.396 e. The summed E-state index contributed by atoms with van der Waals surface area (Å²) in [5, 5.41) is 11.5. The molecular formula is C12H16F3NO3S. The topological polar surface area (TPSA) is 66.4 Å². The summed E-state index contributed by atoms with van der Waals surface area (Å²) in [6.07, 6.45) is -4.38. The molecular weight excluding hydrogens is 295 g/mol. The predicted molar refractivity (Wildman–Crippen MR) is 68.0 cm³/mol. The predicted octanol–water partition coefficient (Wildman–Crippen LogP) is 1.45. The molecule has 1 atom stereocenters. The summed E-state index contributed by atoms with van der Waals surface area (Å²) in [5.41, 5.74) is -0.998. The van der Waals surface area contributed by atoms with E-state index >= 15 is 0 Å². The maximum absolute atomic E-state index is 12.6. The molecule has 1 rings (SSSR count). The standard InChI is InChI=1S/C12H16F3NO3S/c1-16-10(5-6-17)8-20(18,19)11-4-2-3-9(7-11)12(13,14)15/h2-4,7,10,16-17H,5-6,8H2,1H3. The summed E-state index contributed by atoms with van der Waals surface area (Å²) in [6.45, 7) is -0.205. The van der Waals surface area contributed by atoms with Gasteiger partial charge in [-0.25, -0.2) is 8.42 Å². The fraction of sp³-hybridized carbons (Fsp3) is 0.500. The normalized spacial score (nSPS) is 14.2. The molecule has 0 spiro atoms. The lowest BCUT2D eigenvalue weighted by atomic mass is 10.2. The number of hydrogen-bond acceptors (Lipinski definition) is 4. The SMILES string of the molecule is CNC(CCO)CS(=O)(=O)c1cccc(C(F)(F)F)c1. The Morgan fingerprint density at radius 2 is 2.00 bits per heavy atom. The molecule has 1 aromatic rings. The maximum atomic E-state index is 12.6. The number of alkyl halides is 3. The number of halogens is 3. The summed E-state index contributed by atoms with van der Waals surface area (Å²) < 4.78 is 61.8. The third-order valence-electron chi connectivity index (χ3n) is 2.83. The third kappa shape index (κ3) is 4.46. The van der Waals surface area contributed by atoms with Crippen LogP contribution in [0.25, 0.3) is 0 Å². The van der Waals surface area contributed by atoms with Gasteiger partial charge in [0.2, 0.25) is 0 Å². The largest absolute Gasteiger partial charge is 0.416 e. The van der Waals surface area contributed by atoms with Gasteiger partial charge in [-0.1, -0.05) is 6.07 Å². The van der Waals surface area contributed by atoms with E-state index in [-0.39, 0.29) is 23.7 Å². The zero-order chi connectivity index (χ0) is 15.4. The highest BCUT2D eigenvalue weighted by Gasteiger charge is 2.32. The highest BCUT2D eigenvalue weighted by atomic mass is 32.2. The molecule has 0 heterocycles. The first-order valence-electron chi connectivity index (χ1n) is 5.89. The second kappa shape index (κ2) is 6.55. The highest BCUT2D eigenvalue weighted by molar-refractivity contribution is 7.91. The smallest absolute Gasteiger partial charge is 0.396 e. The van der Waals surface area contributed by atoms with Crippen LogP contribution in [0, 0.1) is 0 Å². The van der Waals surface area contributed by atoms with E-state index in [2.05, 4.69) is 5.32 Å². The van der Waals surface area contributed by atoms with Crippen LogP contribution in [0.15, 0.2) is 29.2 Å². The van der Waals surface area contributed by atoms with Crippen molar-refractivity contribution in [2.45, 2.75) is 23.5 Å². The molecule has 0 aliphatic rings. The van der Waals surface area contributed by atoms with Gasteiger partial charge < -0.3 is 10.4 Å². The maximum Gasteiger partial charge on any atom is 0.416 e. The molecule has 0 fully saturated rings.